The molecule has 0 N–H and O–H groups in total. The Hall–Kier alpha value is 0.310. The van der Waals surface area contributed by atoms with Crippen LogP contribution in [0.4, 0.5) is 0 Å². The van der Waals surface area contributed by atoms with Crippen molar-refractivity contribution in [1.82, 2.24) is 4.90 Å². The molecule has 0 aliphatic carbocycles. The standard InChI is InChI=1S/C9H19NS/c1-9(2,11)8-4-6-10(3)7-5-8/h8,11H,4-7H2,1-3H3. The predicted octanol–water partition coefficient (Wildman–Crippen LogP) is 2.04. The van der Waals surface area contributed by atoms with Crippen LogP contribution in [0.15, 0.2) is 0 Å². The monoisotopic (exact) mass is 173 g/mol. The summed E-state index contributed by atoms with van der Waals surface area (Å²) in [5, 5.41) is 0. The average molecular weight is 173 g/mol. The molecule has 0 spiro atoms. The first-order valence-electron chi connectivity index (χ1n) is 4.41. The van der Waals surface area contributed by atoms with Crippen molar-refractivity contribution in [1.29, 1.82) is 0 Å². The lowest BCUT2D eigenvalue weighted by Gasteiger charge is -2.36. The molecule has 1 heterocycles. The molecular formula is C9H19NS. The van der Waals surface area contributed by atoms with Gasteiger partial charge in [0.25, 0.3) is 0 Å². The van der Waals surface area contributed by atoms with Crippen molar-refractivity contribution in [2.75, 3.05) is 20.1 Å². The molecule has 2 heteroatoms. The number of likely N-dealkylation sites (tertiary alicyclic amines) is 1. The maximum Gasteiger partial charge on any atom is 0.0102 e. The van der Waals surface area contributed by atoms with Crippen LogP contribution in [-0.4, -0.2) is 29.8 Å². The average Bonchev–Trinajstić information content (AvgIpc) is 1.86. The molecule has 0 aromatic carbocycles. The molecule has 1 nitrogen and oxygen atoms in total. The van der Waals surface area contributed by atoms with Gasteiger partial charge in [-0.3, -0.25) is 0 Å². The minimum absolute atomic E-state index is 0.223. The largest absolute Gasteiger partial charge is 0.306 e. The van der Waals surface area contributed by atoms with Gasteiger partial charge >= 0.3 is 0 Å². The van der Waals surface area contributed by atoms with Crippen molar-refractivity contribution in [3.8, 4) is 0 Å². The number of hydrogen-bond acceptors (Lipinski definition) is 2. The summed E-state index contributed by atoms with van der Waals surface area (Å²) >= 11 is 4.61. The normalized spacial score (nSPS) is 24.0. The summed E-state index contributed by atoms with van der Waals surface area (Å²) in [7, 11) is 2.20. The molecular weight excluding hydrogens is 154 g/mol. The van der Waals surface area contributed by atoms with Crippen molar-refractivity contribution >= 4 is 12.6 Å². The SMILES string of the molecule is CN1CCC(C(C)(C)S)CC1. The lowest BCUT2D eigenvalue weighted by Crippen LogP contribution is -2.37. The minimum Gasteiger partial charge on any atom is -0.306 e. The number of nitrogens with zero attached hydrogens (tertiary/aromatic N) is 1. The molecule has 0 amide bonds. The molecule has 1 saturated heterocycles. The topological polar surface area (TPSA) is 3.24 Å². The highest BCUT2D eigenvalue weighted by molar-refractivity contribution is 7.81. The molecule has 0 atom stereocenters. The Morgan fingerprint density at radius 3 is 2.09 bits per heavy atom. The Bertz CT molecular complexity index is 120. The Balaban J connectivity index is 2.39. The molecule has 0 saturated carbocycles. The quantitative estimate of drug-likeness (QED) is 0.594. The zero-order chi connectivity index (χ0) is 8.48. The van der Waals surface area contributed by atoms with E-state index in [0.29, 0.717) is 0 Å². The Morgan fingerprint density at radius 1 is 1.27 bits per heavy atom. The fourth-order valence-corrected chi connectivity index (χ4v) is 1.97. The third-order valence-electron chi connectivity index (χ3n) is 2.72. The van der Waals surface area contributed by atoms with E-state index in [1.165, 1.54) is 25.9 Å². The van der Waals surface area contributed by atoms with E-state index in [0.717, 1.165) is 5.92 Å². The van der Waals surface area contributed by atoms with E-state index in [2.05, 4.69) is 38.4 Å². The Labute approximate surface area is 75.6 Å². The van der Waals surface area contributed by atoms with E-state index in [1.54, 1.807) is 0 Å². The van der Waals surface area contributed by atoms with Crippen LogP contribution >= 0.6 is 12.6 Å². The molecule has 0 radical (unpaired) electrons. The molecule has 0 aromatic rings. The Kier molecular flexibility index (Phi) is 2.87. The third kappa shape index (κ3) is 2.68. The van der Waals surface area contributed by atoms with Crippen LogP contribution in [0.25, 0.3) is 0 Å². The summed E-state index contributed by atoms with van der Waals surface area (Å²) in [6.45, 7) is 6.95. The van der Waals surface area contributed by atoms with Crippen molar-refractivity contribution in [2.45, 2.75) is 31.4 Å². The van der Waals surface area contributed by atoms with Gasteiger partial charge in [0.15, 0.2) is 0 Å². The van der Waals surface area contributed by atoms with E-state index >= 15 is 0 Å². The fourth-order valence-electron chi connectivity index (χ4n) is 1.72. The molecule has 1 rings (SSSR count). The summed E-state index contributed by atoms with van der Waals surface area (Å²) < 4.78 is 0.223. The van der Waals surface area contributed by atoms with Gasteiger partial charge in [-0.05, 0) is 38.9 Å². The van der Waals surface area contributed by atoms with Gasteiger partial charge < -0.3 is 4.90 Å². The zero-order valence-electron chi connectivity index (χ0n) is 7.80. The van der Waals surface area contributed by atoms with Gasteiger partial charge in [-0.25, -0.2) is 0 Å². The van der Waals surface area contributed by atoms with Gasteiger partial charge in [-0.2, -0.15) is 12.6 Å². The van der Waals surface area contributed by atoms with Gasteiger partial charge in [0, 0.05) is 4.75 Å². The second kappa shape index (κ2) is 3.36. The third-order valence-corrected chi connectivity index (χ3v) is 3.08. The summed E-state index contributed by atoms with van der Waals surface area (Å²) in [6, 6.07) is 0. The minimum atomic E-state index is 0.223. The predicted molar refractivity (Wildman–Crippen MR) is 53.3 cm³/mol. The smallest absolute Gasteiger partial charge is 0.0102 e. The second-order valence-electron chi connectivity index (χ2n) is 4.23. The van der Waals surface area contributed by atoms with Crippen molar-refractivity contribution in [3.63, 3.8) is 0 Å². The summed E-state index contributed by atoms with van der Waals surface area (Å²) in [6.07, 6.45) is 2.62. The number of thiol groups is 1. The highest BCUT2D eigenvalue weighted by Crippen LogP contribution is 2.31. The lowest BCUT2D eigenvalue weighted by atomic mass is 9.86. The van der Waals surface area contributed by atoms with Crippen LogP contribution in [0, 0.1) is 5.92 Å². The maximum atomic E-state index is 4.61. The van der Waals surface area contributed by atoms with Crippen LogP contribution in [0.5, 0.6) is 0 Å². The second-order valence-corrected chi connectivity index (χ2v) is 5.38. The van der Waals surface area contributed by atoms with E-state index in [4.69, 9.17) is 0 Å². The van der Waals surface area contributed by atoms with Crippen molar-refractivity contribution in [2.24, 2.45) is 5.92 Å². The van der Waals surface area contributed by atoms with Crippen molar-refractivity contribution < 1.29 is 0 Å². The van der Waals surface area contributed by atoms with Crippen LogP contribution in [-0.2, 0) is 0 Å². The molecule has 66 valence electrons. The molecule has 1 aliphatic rings. The summed E-state index contributed by atoms with van der Waals surface area (Å²) in [5.41, 5.74) is 0. The van der Waals surface area contributed by atoms with E-state index < -0.39 is 0 Å². The molecule has 0 bridgehead atoms. The van der Waals surface area contributed by atoms with Gasteiger partial charge in [-0.15, -0.1) is 0 Å². The summed E-state index contributed by atoms with van der Waals surface area (Å²) in [5.74, 6) is 0.807. The van der Waals surface area contributed by atoms with Gasteiger partial charge in [0.05, 0.1) is 0 Å². The molecule has 0 unspecified atom stereocenters. The first kappa shape index (κ1) is 9.40. The van der Waals surface area contributed by atoms with Gasteiger partial charge in [0.1, 0.15) is 0 Å². The molecule has 1 fully saturated rings. The Morgan fingerprint density at radius 2 is 1.73 bits per heavy atom. The van der Waals surface area contributed by atoms with Crippen LogP contribution in [0.3, 0.4) is 0 Å². The summed E-state index contributed by atoms with van der Waals surface area (Å²) in [4.78, 5) is 2.40. The van der Waals surface area contributed by atoms with E-state index in [1.807, 2.05) is 0 Å². The van der Waals surface area contributed by atoms with Crippen LogP contribution in [0.2, 0.25) is 0 Å². The van der Waals surface area contributed by atoms with E-state index in [9.17, 15) is 0 Å². The molecule has 0 aromatic heterocycles. The van der Waals surface area contributed by atoms with Crippen molar-refractivity contribution in [3.05, 3.63) is 0 Å². The fraction of sp³-hybridized carbons (Fsp3) is 1.00. The van der Waals surface area contributed by atoms with Crippen LogP contribution < -0.4 is 0 Å². The number of rotatable bonds is 1. The molecule has 11 heavy (non-hydrogen) atoms. The van der Waals surface area contributed by atoms with Crippen LogP contribution in [0.1, 0.15) is 26.7 Å². The zero-order valence-corrected chi connectivity index (χ0v) is 8.69. The maximum absolute atomic E-state index is 4.61. The van der Waals surface area contributed by atoms with Gasteiger partial charge in [-0.1, -0.05) is 13.8 Å². The highest BCUT2D eigenvalue weighted by atomic mass is 32.1. The number of piperidine rings is 1. The number of hydrogen-bond donors (Lipinski definition) is 1. The lowest BCUT2D eigenvalue weighted by molar-refractivity contribution is 0.198. The van der Waals surface area contributed by atoms with E-state index in [-0.39, 0.29) is 4.75 Å². The van der Waals surface area contributed by atoms with Gasteiger partial charge in [0.2, 0.25) is 0 Å². The molecule has 1 aliphatic heterocycles. The highest BCUT2D eigenvalue weighted by Gasteiger charge is 2.28. The first-order chi connectivity index (χ1) is 5.00. The first-order valence-corrected chi connectivity index (χ1v) is 4.86.